The van der Waals surface area contributed by atoms with Crippen LogP contribution in [0.15, 0.2) is 36.9 Å². The number of nitrogens with one attached hydrogen (secondary N) is 1. The number of anilines is 1. The quantitative estimate of drug-likeness (QED) is 0.377. The fourth-order valence-electron chi connectivity index (χ4n) is 3.38. The van der Waals surface area contributed by atoms with Crippen LogP contribution in [0, 0.1) is 0 Å². The van der Waals surface area contributed by atoms with Crippen LogP contribution < -0.4 is 14.8 Å². The normalized spacial score (nSPS) is 16.3. The molecule has 1 N–H and O–H groups in total. The topological polar surface area (TPSA) is 86.3 Å². The Morgan fingerprint density at radius 3 is 2.38 bits per heavy atom. The van der Waals surface area contributed by atoms with Crippen LogP contribution in [0.3, 0.4) is 0 Å². The molecule has 1 aliphatic heterocycles. The molecule has 0 saturated carbocycles. The predicted octanol–water partition coefficient (Wildman–Crippen LogP) is 5.23. The van der Waals surface area contributed by atoms with E-state index in [0.29, 0.717) is 31.1 Å². The highest BCUT2D eigenvalue weighted by molar-refractivity contribution is 6.74. The first kappa shape index (κ1) is 27.5. The molecule has 8 nitrogen and oxygen atoms in total. The molecule has 1 saturated heterocycles. The highest BCUT2D eigenvalue weighted by atomic mass is 28.4. The fourth-order valence-corrected chi connectivity index (χ4v) is 4.42. The van der Waals surface area contributed by atoms with Gasteiger partial charge in [0.2, 0.25) is 0 Å². The van der Waals surface area contributed by atoms with Crippen molar-refractivity contribution >= 4 is 26.0 Å². The third kappa shape index (κ3) is 6.42. The molecule has 1 aromatic carbocycles. The zero-order valence-electron chi connectivity index (χ0n) is 21.4. The molecule has 0 aromatic heterocycles. The van der Waals surface area contributed by atoms with Gasteiger partial charge in [-0.05, 0) is 30.6 Å². The summed E-state index contributed by atoms with van der Waals surface area (Å²) in [4.78, 5) is 27.7. The smallest absolute Gasteiger partial charge is 0.411 e. The molecule has 1 aromatic rings. The van der Waals surface area contributed by atoms with Crippen molar-refractivity contribution in [3.63, 3.8) is 0 Å². The van der Waals surface area contributed by atoms with E-state index in [1.807, 2.05) is 0 Å². The minimum absolute atomic E-state index is 0.0429. The van der Waals surface area contributed by atoms with E-state index in [1.165, 1.54) is 20.3 Å². The van der Waals surface area contributed by atoms with Gasteiger partial charge in [-0.25, -0.2) is 4.79 Å². The maximum atomic E-state index is 13.7. The van der Waals surface area contributed by atoms with Crippen LogP contribution in [0.4, 0.5) is 10.5 Å². The molecule has 1 heterocycles. The molecule has 0 bridgehead atoms. The van der Waals surface area contributed by atoms with Gasteiger partial charge in [0, 0.05) is 12.6 Å². The van der Waals surface area contributed by atoms with Gasteiger partial charge in [-0.15, -0.1) is 0 Å². The summed E-state index contributed by atoms with van der Waals surface area (Å²) in [5.41, 5.74) is 1.48. The summed E-state index contributed by atoms with van der Waals surface area (Å²) >= 11 is 0. The Morgan fingerprint density at radius 1 is 1.21 bits per heavy atom. The lowest BCUT2D eigenvalue weighted by molar-refractivity contribution is 0.0686. The minimum atomic E-state index is -2.00. The molecule has 2 rings (SSSR count). The Labute approximate surface area is 204 Å². The van der Waals surface area contributed by atoms with Gasteiger partial charge in [0.05, 0.1) is 38.1 Å². The molecular formula is C25H38N2O6Si. The minimum Gasteiger partial charge on any atom is -0.493 e. The van der Waals surface area contributed by atoms with Gasteiger partial charge in [0.1, 0.15) is 6.61 Å². The molecule has 1 atom stereocenters. The molecule has 1 fully saturated rings. The van der Waals surface area contributed by atoms with Gasteiger partial charge in [0.15, 0.2) is 19.8 Å². The van der Waals surface area contributed by atoms with Crippen molar-refractivity contribution in [1.82, 2.24) is 4.90 Å². The second-order valence-electron chi connectivity index (χ2n) is 9.88. The van der Waals surface area contributed by atoms with Crippen LogP contribution in [0.2, 0.25) is 18.1 Å². The highest BCUT2D eigenvalue weighted by Gasteiger charge is 2.40. The Kier molecular flexibility index (Phi) is 8.96. The SMILES string of the molecule is C=CCOC(=O)Nc1cc(OC)c(OC)cc1C(=O)N1CC(=C)C[C@H]1CO[Si](C)(C)C(C)(C)C. The molecule has 0 radical (unpaired) electrons. The van der Waals surface area contributed by atoms with E-state index in [1.54, 1.807) is 17.0 Å². The summed E-state index contributed by atoms with van der Waals surface area (Å²) in [6.45, 7) is 19.5. The van der Waals surface area contributed by atoms with Crippen LogP contribution in [0.5, 0.6) is 11.5 Å². The van der Waals surface area contributed by atoms with Gasteiger partial charge < -0.3 is 23.5 Å². The lowest BCUT2D eigenvalue weighted by atomic mass is 10.1. The molecule has 188 valence electrons. The van der Waals surface area contributed by atoms with Gasteiger partial charge in [-0.1, -0.05) is 45.6 Å². The van der Waals surface area contributed by atoms with E-state index in [-0.39, 0.29) is 34.8 Å². The molecule has 0 unspecified atom stereocenters. The second-order valence-corrected chi connectivity index (χ2v) is 14.7. The van der Waals surface area contributed by atoms with E-state index in [4.69, 9.17) is 18.6 Å². The van der Waals surface area contributed by atoms with Gasteiger partial charge in [-0.2, -0.15) is 0 Å². The van der Waals surface area contributed by atoms with Crippen LogP contribution in [-0.2, 0) is 9.16 Å². The fraction of sp³-hybridized carbons (Fsp3) is 0.520. The summed E-state index contributed by atoms with van der Waals surface area (Å²) in [6.07, 6.45) is 1.42. The first-order valence-electron chi connectivity index (χ1n) is 11.3. The van der Waals surface area contributed by atoms with Crippen molar-refractivity contribution in [3.05, 3.63) is 42.5 Å². The van der Waals surface area contributed by atoms with Crippen molar-refractivity contribution in [2.24, 2.45) is 0 Å². The third-order valence-corrected chi connectivity index (χ3v) is 10.9. The largest absolute Gasteiger partial charge is 0.493 e. The zero-order chi connectivity index (χ0) is 25.7. The van der Waals surface area contributed by atoms with Crippen LogP contribution in [-0.4, -0.2) is 65.2 Å². The Balaban J connectivity index is 2.37. The summed E-state index contributed by atoms with van der Waals surface area (Å²) in [5, 5.41) is 2.70. The first-order chi connectivity index (χ1) is 15.8. The molecular weight excluding hydrogens is 452 g/mol. The number of ether oxygens (including phenoxy) is 3. The van der Waals surface area contributed by atoms with Gasteiger partial charge >= 0.3 is 6.09 Å². The van der Waals surface area contributed by atoms with E-state index in [9.17, 15) is 9.59 Å². The number of methoxy groups -OCH3 is 2. The zero-order valence-corrected chi connectivity index (χ0v) is 22.4. The number of carbonyl (C=O) groups is 2. The number of amides is 2. The third-order valence-electron chi connectivity index (χ3n) is 6.39. The molecule has 2 amide bonds. The van der Waals surface area contributed by atoms with Crippen molar-refractivity contribution in [2.75, 3.05) is 39.3 Å². The first-order valence-corrected chi connectivity index (χ1v) is 14.2. The standard InChI is InChI=1S/C25H38N2O6Si/c1-10-11-32-24(29)26-20-14-22(31-7)21(30-6)13-19(20)23(28)27-15-17(2)12-18(27)16-33-34(8,9)25(3,4)5/h10,13-14,18H,1-2,11-12,15-16H2,3-9H3,(H,26,29)/t18-/m0/s1. The maximum absolute atomic E-state index is 13.7. The van der Waals surface area contributed by atoms with E-state index in [2.05, 4.69) is 52.3 Å². The molecule has 0 spiro atoms. The van der Waals surface area contributed by atoms with Crippen molar-refractivity contribution in [1.29, 1.82) is 0 Å². The Morgan fingerprint density at radius 2 is 1.82 bits per heavy atom. The van der Waals surface area contributed by atoms with Gasteiger partial charge in [0.25, 0.3) is 5.91 Å². The maximum Gasteiger partial charge on any atom is 0.411 e. The van der Waals surface area contributed by atoms with Gasteiger partial charge in [-0.3, -0.25) is 10.1 Å². The molecule has 1 aliphatic rings. The van der Waals surface area contributed by atoms with Crippen molar-refractivity contribution in [2.45, 2.75) is 51.4 Å². The van der Waals surface area contributed by atoms with E-state index >= 15 is 0 Å². The van der Waals surface area contributed by atoms with Crippen LogP contribution >= 0.6 is 0 Å². The lowest BCUT2D eigenvalue weighted by Crippen LogP contribution is -2.46. The van der Waals surface area contributed by atoms with Crippen molar-refractivity contribution in [3.8, 4) is 11.5 Å². The average Bonchev–Trinajstić information content (AvgIpc) is 3.15. The van der Waals surface area contributed by atoms with Crippen molar-refractivity contribution < 1.29 is 28.2 Å². The predicted molar refractivity (Wildman–Crippen MR) is 136 cm³/mol. The summed E-state index contributed by atoms with van der Waals surface area (Å²) in [5.74, 6) is 0.493. The number of rotatable bonds is 9. The lowest BCUT2D eigenvalue weighted by Gasteiger charge is -2.38. The molecule has 9 heteroatoms. The number of hydrogen-bond donors (Lipinski definition) is 1. The molecule has 0 aliphatic carbocycles. The number of hydrogen-bond acceptors (Lipinski definition) is 6. The number of benzene rings is 1. The van der Waals surface area contributed by atoms with Crippen LogP contribution in [0.25, 0.3) is 0 Å². The second kappa shape index (κ2) is 11.1. The highest BCUT2D eigenvalue weighted by Crippen LogP contribution is 2.38. The van der Waals surface area contributed by atoms with E-state index in [0.717, 1.165) is 5.57 Å². The van der Waals surface area contributed by atoms with E-state index < -0.39 is 14.4 Å². The Bertz CT molecular complexity index is 938. The summed E-state index contributed by atoms with van der Waals surface area (Å²) in [7, 11) is 0.979. The average molecular weight is 491 g/mol. The summed E-state index contributed by atoms with van der Waals surface area (Å²) in [6, 6.07) is 2.97. The monoisotopic (exact) mass is 490 g/mol. The molecule has 34 heavy (non-hydrogen) atoms. The number of likely N-dealkylation sites (tertiary alicyclic amines) is 1. The summed E-state index contributed by atoms with van der Waals surface area (Å²) < 4.78 is 22.2. The number of carbonyl (C=O) groups excluding carboxylic acids is 2. The number of nitrogens with zero attached hydrogens (tertiary/aromatic N) is 1. The van der Waals surface area contributed by atoms with Crippen LogP contribution in [0.1, 0.15) is 37.6 Å². The Hall–Kier alpha value is -2.78.